The van der Waals surface area contributed by atoms with Crippen molar-refractivity contribution in [1.82, 2.24) is 10.3 Å². The highest BCUT2D eigenvalue weighted by molar-refractivity contribution is 5.37. The lowest BCUT2D eigenvalue weighted by Gasteiger charge is -2.07. The summed E-state index contributed by atoms with van der Waals surface area (Å²) in [4.78, 5) is 4.26. The number of ether oxygens (including phenoxy) is 1. The molecule has 2 rings (SSSR count). The number of rotatable bonds is 7. The molecular weight excluding hydrogens is 202 g/mol. The number of nitrogens with one attached hydrogen (secondary N) is 2. The van der Waals surface area contributed by atoms with Gasteiger partial charge in [0, 0.05) is 32.4 Å². The number of methoxy groups -OCH3 is 1. The van der Waals surface area contributed by atoms with Crippen molar-refractivity contribution in [3.8, 4) is 0 Å². The van der Waals surface area contributed by atoms with E-state index in [1.807, 2.05) is 6.20 Å². The summed E-state index contributed by atoms with van der Waals surface area (Å²) in [5.74, 6) is 0.923. The van der Waals surface area contributed by atoms with E-state index in [9.17, 15) is 0 Å². The molecule has 4 heteroatoms. The van der Waals surface area contributed by atoms with Crippen molar-refractivity contribution in [2.24, 2.45) is 0 Å². The maximum absolute atomic E-state index is 4.98. The number of hydrogen-bond acceptors (Lipinski definition) is 4. The topological polar surface area (TPSA) is 46.2 Å². The molecule has 4 nitrogen and oxygen atoms in total. The van der Waals surface area contributed by atoms with E-state index in [-0.39, 0.29) is 0 Å². The van der Waals surface area contributed by atoms with E-state index >= 15 is 0 Å². The van der Waals surface area contributed by atoms with Crippen molar-refractivity contribution < 1.29 is 4.74 Å². The average Bonchev–Trinajstić information content (AvgIpc) is 3.11. The maximum atomic E-state index is 4.98. The number of hydrogen-bond donors (Lipinski definition) is 2. The Morgan fingerprint density at radius 3 is 3.12 bits per heavy atom. The zero-order valence-corrected chi connectivity index (χ0v) is 9.70. The van der Waals surface area contributed by atoms with Crippen LogP contribution >= 0.6 is 0 Å². The second-order valence-corrected chi connectivity index (χ2v) is 4.12. The first-order valence-corrected chi connectivity index (χ1v) is 5.79. The van der Waals surface area contributed by atoms with E-state index in [1.165, 1.54) is 18.4 Å². The van der Waals surface area contributed by atoms with Gasteiger partial charge in [-0.1, -0.05) is 0 Å². The fraction of sp³-hybridized carbons (Fsp3) is 0.583. The summed E-state index contributed by atoms with van der Waals surface area (Å²) in [6, 6.07) is 4.89. The first-order chi connectivity index (χ1) is 7.88. The molecule has 1 aliphatic carbocycles. The number of pyridine rings is 1. The molecule has 0 bridgehead atoms. The molecule has 0 saturated heterocycles. The normalized spacial score (nSPS) is 15.1. The Morgan fingerprint density at radius 2 is 2.38 bits per heavy atom. The van der Waals surface area contributed by atoms with E-state index in [0.717, 1.165) is 24.9 Å². The van der Waals surface area contributed by atoms with Crippen LogP contribution in [0.1, 0.15) is 18.4 Å². The summed E-state index contributed by atoms with van der Waals surface area (Å²) in [5, 5.41) is 6.71. The van der Waals surface area contributed by atoms with Gasteiger partial charge >= 0.3 is 0 Å². The Balaban J connectivity index is 1.80. The molecule has 0 unspecified atom stereocenters. The van der Waals surface area contributed by atoms with E-state index in [1.54, 1.807) is 7.11 Å². The van der Waals surface area contributed by atoms with Gasteiger partial charge in [0.15, 0.2) is 0 Å². The molecule has 0 aromatic carbocycles. The van der Waals surface area contributed by atoms with Gasteiger partial charge in [-0.3, -0.25) is 0 Å². The summed E-state index contributed by atoms with van der Waals surface area (Å²) < 4.78 is 4.98. The molecule has 1 heterocycles. The Morgan fingerprint density at radius 1 is 1.50 bits per heavy atom. The molecule has 1 aromatic rings. The van der Waals surface area contributed by atoms with Crippen molar-refractivity contribution in [1.29, 1.82) is 0 Å². The van der Waals surface area contributed by atoms with Crippen LogP contribution in [-0.4, -0.2) is 31.3 Å². The lowest BCUT2D eigenvalue weighted by atomic mass is 10.2. The van der Waals surface area contributed by atoms with Crippen LogP contribution in [0.4, 0.5) is 5.82 Å². The van der Waals surface area contributed by atoms with E-state index in [0.29, 0.717) is 6.61 Å². The minimum atomic E-state index is 0.701. The van der Waals surface area contributed by atoms with Crippen molar-refractivity contribution in [2.75, 3.05) is 25.6 Å². The Hall–Kier alpha value is -1.13. The monoisotopic (exact) mass is 221 g/mol. The zero-order valence-electron chi connectivity index (χ0n) is 9.70. The average molecular weight is 221 g/mol. The SMILES string of the molecule is COCCNc1cc(CNC2CC2)ccn1. The van der Waals surface area contributed by atoms with E-state index in [2.05, 4.69) is 27.8 Å². The third kappa shape index (κ3) is 3.79. The molecule has 1 aromatic heterocycles. The summed E-state index contributed by atoms with van der Waals surface area (Å²) in [7, 11) is 1.70. The lowest BCUT2D eigenvalue weighted by molar-refractivity contribution is 0.210. The molecule has 0 radical (unpaired) electrons. The Labute approximate surface area is 96.4 Å². The Kier molecular flexibility index (Phi) is 4.13. The quantitative estimate of drug-likeness (QED) is 0.683. The van der Waals surface area contributed by atoms with E-state index in [4.69, 9.17) is 4.74 Å². The van der Waals surface area contributed by atoms with E-state index < -0.39 is 0 Å². The van der Waals surface area contributed by atoms with Crippen LogP contribution < -0.4 is 10.6 Å². The minimum Gasteiger partial charge on any atom is -0.383 e. The fourth-order valence-corrected chi connectivity index (χ4v) is 1.51. The largest absolute Gasteiger partial charge is 0.383 e. The van der Waals surface area contributed by atoms with Gasteiger partial charge in [-0.2, -0.15) is 0 Å². The molecule has 1 fully saturated rings. The van der Waals surface area contributed by atoms with Crippen LogP contribution in [0, 0.1) is 0 Å². The molecule has 88 valence electrons. The first-order valence-electron chi connectivity index (χ1n) is 5.79. The van der Waals surface area contributed by atoms with Gasteiger partial charge in [-0.25, -0.2) is 4.98 Å². The van der Waals surface area contributed by atoms with Gasteiger partial charge in [0.2, 0.25) is 0 Å². The predicted molar refractivity (Wildman–Crippen MR) is 64.5 cm³/mol. The molecule has 1 saturated carbocycles. The minimum absolute atomic E-state index is 0.701. The number of anilines is 1. The maximum Gasteiger partial charge on any atom is 0.126 e. The van der Waals surface area contributed by atoms with Crippen LogP contribution in [-0.2, 0) is 11.3 Å². The first kappa shape index (κ1) is 11.4. The lowest BCUT2D eigenvalue weighted by Crippen LogP contribution is -2.15. The molecular formula is C12H19N3O. The smallest absolute Gasteiger partial charge is 0.126 e. The van der Waals surface area contributed by atoms with Gasteiger partial charge in [0.1, 0.15) is 5.82 Å². The highest BCUT2D eigenvalue weighted by Crippen LogP contribution is 2.19. The predicted octanol–water partition coefficient (Wildman–Crippen LogP) is 1.39. The van der Waals surface area contributed by atoms with Crippen LogP contribution in [0.5, 0.6) is 0 Å². The van der Waals surface area contributed by atoms with Gasteiger partial charge in [-0.05, 0) is 30.5 Å². The molecule has 2 N–H and O–H groups in total. The van der Waals surface area contributed by atoms with Crippen LogP contribution in [0.3, 0.4) is 0 Å². The number of nitrogens with zero attached hydrogens (tertiary/aromatic N) is 1. The van der Waals surface area contributed by atoms with Gasteiger partial charge < -0.3 is 15.4 Å². The molecule has 0 amide bonds. The second-order valence-electron chi connectivity index (χ2n) is 4.12. The summed E-state index contributed by atoms with van der Waals surface area (Å²) >= 11 is 0. The second kappa shape index (κ2) is 5.82. The highest BCUT2D eigenvalue weighted by atomic mass is 16.5. The van der Waals surface area contributed by atoms with Crippen LogP contribution in [0.15, 0.2) is 18.3 Å². The summed E-state index contributed by atoms with van der Waals surface area (Å²) in [6.07, 6.45) is 4.49. The molecule has 16 heavy (non-hydrogen) atoms. The molecule has 0 aliphatic heterocycles. The fourth-order valence-electron chi connectivity index (χ4n) is 1.51. The number of aromatic nitrogens is 1. The van der Waals surface area contributed by atoms with Gasteiger partial charge in [0.05, 0.1) is 6.61 Å². The van der Waals surface area contributed by atoms with Crippen molar-refractivity contribution in [3.05, 3.63) is 23.9 Å². The van der Waals surface area contributed by atoms with Crippen molar-refractivity contribution >= 4 is 5.82 Å². The standard InChI is InChI=1S/C12H19N3O/c1-16-7-6-14-12-8-10(4-5-13-12)9-15-11-2-3-11/h4-5,8,11,15H,2-3,6-7,9H2,1H3,(H,13,14). The van der Waals surface area contributed by atoms with Crippen molar-refractivity contribution in [3.63, 3.8) is 0 Å². The molecule has 0 atom stereocenters. The highest BCUT2D eigenvalue weighted by Gasteiger charge is 2.19. The van der Waals surface area contributed by atoms with Crippen LogP contribution in [0.25, 0.3) is 0 Å². The van der Waals surface area contributed by atoms with Crippen molar-refractivity contribution in [2.45, 2.75) is 25.4 Å². The third-order valence-electron chi connectivity index (χ3n) is 2.61. The summed E-state index contributed by atoms with van der Waals surface area (Å²) in [5.41, 5.74) is 1.28. The zero-order chi connectivity index (χ0) is 11.2. The molecule has 1 aliphatic rings. The van der Waals surface area contributed by atoms with Gasteiger partial charge in [-0.15, -0.1) is 0 Å². The molecule has 0 spiro atoms. The van der Waals surface area contributed by atoms with Crippen LogP contribution in [0.2, 0.25) is 0 Å². The Bertz CT molecular complexity index is 326. The third-order valence-corrected chi connectivity index (χ3v) is 2.61. The summed E-state index contributed by atoms with van der Waals surface area (Å²) in [6.45, 7) is 2.43. The van der Waals surface area contributed by atoms with Gasteiger partial charge in [0.25, 0.3) is 0 Å².